The van der Waals surface area contributed by atoms with Gasteiger partial charge in [-0.05, 0) is 13.0 Å². The Labute approximate surface area is 106 Å². The number of primary sulfonamides is 1. The van der Waals surface area contributed by atoms with E-state index in [1.807, 2.05) is 16.7 Å². The minimum Gasteiger partial charge on any atom is -0.383 e. The number of nitrogens with zero attached hydrogens (tertiary/aromatic N) is 1. The van der Waals surface area contributed by atoms with Crippen molar-refractivity contribution in [2.24, 2.45) is 5.14 Å². The normalized spacial score (nSPS) is 12.2. The Morgan fingerprint density at radius 1 is 1.33 bits per heavy atom. The van der Waals surface area contributed by atoms with E-state index in [1.165, 1.54) is 0 Å². The third kappa shape index (κ3) is 2.14. The van der Waals surface area contributed by atoms with E-state index in [9.17, 15) is 8.42 Å². The molecule has 0 aliphatic heterocycles. The average Bonchev–Trinajstić information content (AvgIpc) is 2.58. The summed E-state index contributed by atoms with van der Waals surface area (Å²) in [5.41, 5.74) is 1.51. The summed E-state index contributed by atoms with van der Waals surface area (Å²) in [5, 5.41) is 5.95. The van der Waals surface area contributed by atoms with Gasteiger partial charge in [0.2, 0.25) is 10.0 Å². The van der Waals surface area contributed by atoms with Crippen molar-refractivity contribution < 1.29 is 13.2 Å². The van der Waals surface area contributed by atoms with Crippen molar-refractivity contribution in [3.05, 3.63) is 30.0 Å². The van der Waals surface area contributed by atoms with E-state index < -0.39 is 10.0 Å². The van der Waals surface area contributed by atoms with Crippen LogP contribution in [-0.4, -0.2) is 26.7 Å². The second-order valence-corrected chi connectivity index (χ2v) is 5.62. The first-order valence-corrected chi connectivity index (χ1v) is 7.11. The van der Waals surface area contributed by atoms with E-state index in [2.05, 4.69) is 0 Å². The van der Waals surface area contributed by atoms with E-state index in [0.29, 0.717) is 24.2 Å². The Bertz CT molecular complexity index is 674. The van der Waals surface area contributed by atoms with Gasteiger partial charge in [-0.2, -0.15) is 0 Å². The number of para-hydroxylation sites is 1. The van der Waals surface area contributed by atoms with Gasteiger partial charge in [0.25, 0.3) is 0 Å². The summed E-state index contributed by atoms with van der Waals surface area (Å²) >= 11 is 0. The van der Waals surface area contributed by atoms with E-state index in [1.54, 1.807) is 26.2 Å². The average molecular weight is 268 g/mol. The Kier molecular flexibility index (Phi) is 3.43. The van der Waals surface area contributed by atoms with Crippen molar-refractivity contribution in [3.8, 4) is 0 Å². The molecular weight excluding hydrogens is 252 g/mol. The Balaban J connectivity index is 2.76. The molecule has 2 aromatic rings. The summed E-state index contributed by atoms with van der Waals surface area (Å²) in [6.45, 7) is 2.87. The zero-order chi connectivity index (χ0) is 13.3. The maximum Gasteiger partial charge on any atom is 0.240 e. The predicted molar refractivity (Wildman–Crippen MR) is 69.9 cm³/mol. The van der Waals surface area contributed by atoms with Crippen LogP contribution in [0.2, 0.25) is 0 Å². The first-order valence-electron chi connectivity index (χ1n) is 5.56. The molecule has 1 aromatic heterocycles. The van der Waals surface area contributed by atoms with Gasteiger partial charge in [0.15, 0.2) is 0 Å². The monoisotopic (exact) mass is 268 g/mol. The molecule has 0 aliphatic rings. The number of benzene rings is 1. The van der Waals surface area contributed by atoms with Crippen LogP contribution in [0.25, 0.3) is 10.9 Å². The van der Waals surface area contributed by atoms with Crippen LogP contribution in [0.1, 0.15) is 5.69 Å². The van der Waals surface area contributed by atoms with Crippen LogP contribution in [0.5, 0.6) is 0 Å². The Hall–Kier alpha value is -1.37. The van der Waals surface area contributed by atoms with Crippen molar-refractivity contribution in [1.29, 1.82) is 0 Å². The van der Waals surface area contributed by atoms with Gasteiger partial charge in [0.05, 0.1) is 6.61 Å². The number of ether oxygens (including phenoxy) is 1. The number of aromatic nitrogens is 1. The van der Waals surface area contributed by atoms with Crippen LogP contribution >= 0.6 is 0 Å². The fourth-order valence-corrected chi connectivity index (χ4v) is 3.23. The van der Waals surface area contributed by atoms with Crippen molar-refractivity contribution in [2.75, 3.05) is 13.7 Å². The highest BCUT2D eigenvalue weighted by Crippen LogP contribution is 2.28. The summed E-state index contributed by atoms with van der Waals surface area (Å²) in [5.74, 6) is 0. The molecule has 0 bridgehead atoms. The molecule has 0 aliphatic carbocycles. The molecule has 2 rings (SSSR count). The van der Waals surface area contributed by atoms with Gasteiger partial charge in [-0.1, -0.05) is 18.2 Å². The largest absolute Gasteiger partial charge is 0.383 e. The molecule has 0 atom stereocenters. The second-order valence-electron chi connectivity index (χ2n) is 4.12. The quantitative estimate of drug-likeness (QED) is 0.906. The molecule has 0 amide bonds. The summed E-state index contributed by atoms with van der Waals surface area (Å²) in [7, 11) is -2.11. The molecule has 0 spiro atoms. The number of rotatable bonds is 4. The lowest BCUT2D eigenvalue weighted by molar-refractivity contribution is 0.188. The van der Waals surface area contributed by atoms with E-state index in [4.69, 9.17) is 9.88 Å². The summed E-state index contributed by atoms with van der Waals surface area (Å²) in [6, 6.07) is 7.33. The molecule has 0 saturated heterocycles. The number of methoxy groups -OCH3 is 1. The Morgan fingerprint density at radius 2 is 2.00 bits per heavy atom. The molecule has 1 heterocycles. The third-order valence-electron chi connectivity index (χ3n) is 2.98. The molecule has 6 heteroatoms. The molecule has 18 heavy (non-hydrogen) atoms. The number of hydrogen-bond donors (Lipinski definition) is 1. The van der Waals surface area contributed by atoms with Crippen LogP contribution < -0.4 is 5.14 Å². The van der Waals surface area contributed by atoms with E-state index in [-0.39, 0.29) is 4.90 Å². The predicted octanol–water partition coefficient (Wildman–Crippen LogP) is 1.24. The van der Waals surface area contributed by atoms with Gasteiger partial charge in [-0.25, -0.2) is 13.6 Å². The van der Waals surface area contributed by atoms with Gasteiger partial charge >= 0.3 is 0 Å². The lowest BCUT2D eigenvalue weighted by atomic mass is 10.2. The Morgan fingerprint density at radius 3 is 2.61 bits per heavy atom. The van der Waals surface area contributed by atoms with Crippen LogP contribution in [0.15, 0.2) is 29.2 Å². The SMILES string of the molecule is COCCn1c(C)c(S(N)(=O)=O)c2ccccc21. The number of hydrogen-bond acceptors (Lipinski definition) is 3. The highest BCUT2D eigenvalue weighted by Gasteiger charge is 2.21. The van der Waals surface area contributed by atoms with Gasteiger partial charge in [0, 0.05) is 30.3 Å². The number of sulfonamides is 1. The molecule has 5 nitrogen and oxygen atoms in total. The maximum atomic E-state index is 11.7. The first-order chi connectivity index (χ1) is 8.46. The molecule has 98 valence electrons. The molecule has 1 aromatic carbocycles. The van der Waals surface area contributed by atoms with Crippen LogP contribution in [-0.2, 0) is 21.3 Å². The van der Waals surface area contributed by atoms with Crippen LogP contribution in [0.4, 0.5) is 0 Å². The topological polar surface area (TPSA) is 74.3 Å². The molecular formula is C12H16N2O3S. The van der Waals surface area contributed by atoms with Crippen LogP contribution in [0.3, 0.4) is 0 Å². The van der Waals surface area contributed by atoms with Gasteiger partial charge in [-0.3, -0.25) is 0 Å². The van der Waals surface area contributed by atoms with Crippen molar-refractivity contribution in [2.45, 2.75) is 18.4 Å². The third-order valence-corrected chi connectivity index (χ3v) is 4.06. The maximum absolute atomic E-state index is 11.7. The molecule has 0 unspecified atom stereocenters. The zero-order valence-corrected chi connectivity index (χ0v) is 11.2. The van der Waals surface area contributed by atoms with Gasteiger partial charge < -0.3 is 9.30 Å². The summed E-state index contributed by atoms with van der Waals surface area (Å²) in [6.07, 6.45) is 0. The van der Waals surface area contributed by atoms with Crippen molar-refractivity contribution in [3.63, 3.8) is 0 Å². The van der Waals surface area contributed by atoms with E-state index >= 15 is 0 Å². The number of nitrogens with two attached hydrogens (primary N) is 1. The molecule has 0 saturated carbocycles. The first kappa shape index (κ1) is 13.1. The minimum absolute atomic E-state index is 0.203. The fourth-order valence-electron chi connectivity index (χ4n) is 2.23. The van der Waals surface area contributed by atoms with Crippen molar-refractivity contribution >= 4 is 20.9 Å². The lowest BCUT2D eigenvalue weighted by Crippen LogP contribution is -2.14. The fraction of sp³-hybridized carbons (Fsp3) is 0.333. The highest BCUT2D eigenvalue weighted by molar-refractivity contribution is 7.89. The second kappa shape index (κ2) is 4.72. The molecule has 0 radical (unpaired) electrons. The van der Waals surface area contributed by atoms with Gasteiger partial charge in [0.1, 0.15) is 4.90 Å². The van der Waals surface area contributed by atoms with Crippen LogP contribution in [0, 0.1) is 6.92 Å². The van der Waals surface area contributed by atoms with Crippen molar-refractivity contribution in [1.82, 2.24) is 4.57 Å². The lowest BCUT2D eigenvalue weighted by Gasteiger charge is -2.07. The highest BCUT2D eigenvalue weighted by atomic mass is 32.2. The minimum atomic E-state index is -3.73. The molecule has 0 fully saturated rings. The van der Waals surface area contributed by atoms with E-state index in [0.717, 1.165) is 5.52 Å². The van der Waals surface area contributed by atoms with Gasteiger partial charge in [-0.15, -0.1) is 0 Å². The number of fused-ring (bicyclic) bond motifs is 1. The zero-order valence-electron chi connectivity index (χ0n) is 10.4. The summed E-state index contributed by atoms with van der Waals surface area (Å²) < 4.78 is 30.3. The standard InChI is InChI=1S/C12H16N2O3S/c1-9-12(18(13,15)16)10-5-3-4-6-11(10)14(9)7-8-17-2/h3-6H,7-8H2,1-2H3,(H2,13,15,16). The molecule has 2 N–H and O–H groups in total. The smallest absolute Gasteiger partial charge is 0.240 e. The summed E-state index contributed by atoms with van der Waals surface area (Å²) in [4.78, 5) is 0.203.